The molecule has 0 saturated heterocycles. The first-order valence-corrected chi connectivity index (χ1v) is 4.65. The molecule has 0 saturated carbocycles. The lowest BCUT2D eigenvalue weighted by Crippen LogP contribution is -2.17. The molecule has 1 aromatic carbocycles. The summed E-state index contributed by atoms with van der Waals surface area (Å²) in [4.78, 5) is 0. The molecule has 0 bridgehead atoms. The highest BCUT2D eigenvalue weighted by atomic mass is 35.5. The van der Waals surface area contributed by atoms with E-state index in [4.69, 9.17) is 16.9 Å². The van der Waals surface area contributed by atoms with E-state index in [1.807, 2.05) is 0 Å². The molecular weight excluding hydrogens is 218 g/mol. The minimum atomic E-state index is -1.27. The Morgan fingerprint density at radius 3 is 2.67 bits per heavy atom. The molecule has 5 heteroatoms. The third-order valence-electron chi connectivity index (χ3n) is 1.96. The van der Waals surface area contributed by atoms with Crippen molar-refractivity contribution in [3.05, 3.63) is 28.8 Å². The second-order valence-corrected chi connectivity index (χ2v) is 3.49. The number of aliphatic hydroxyl groups excluding tert-OH is 2. The normalized spacial score (nSPS) is 14.3. The van der Waals surface area contributed by atoms with Crippen LogP contribution in [-0.2, 0) is 0 Å². The summed E-state index contributed by atoms with van der Waals surface area (Å²) >= 11 is 5.77. The molecule has 1 aromatic rings. The van der Waals surface area contributed by atoms with Gasteiger partial charge in [-0.3, -0.25) is 0 Å². The fourth-order valence-electron chi connectivity index (χ4n) is 1.17. The lowest BCUT2D eigenvalue weighted by molar-refractivity contribution is 0.0216. The number of rotatable bonds is 3. The molecule has 4 nitrogen and oxygen atoms in total. The highest BCUT2D eigenvalue weighted by Crippen LogP contribution is 2.29. The van der Waals surface area contributed by atoms with Crippen molar-refractivity contribution in [1.29, 1.82) is 5.26 Å². The summed E-state index contributed by atoms with van der Waals surface area (Å²) < 4.78 is 0. The Labute approximate surface area is 92.0 Å². The lowest BCUT2D eigenvalue weighted by Gasteiger charge is -2.16. The number of phenolic OH excluding ortho intramolecular Hbond substituents is 1. The quantitative estimate of drug-likeness (QED) is 0.728. The standard InChI is InChI=1S/C10H10ClNO3/c11-8-2-1-6(13)5-7(8)10(15)9(14)3-4-12/h1-2,5,9-10,13-15H,3H2. The summed E-state index contributed by atoms with van der Waals surface area (Å²) in [6.07, 6.45) is -2.69. The van der Waals surface area contributed by atoms with Crippen LogP contribution < -0.4 is 0 Å². The van der Waals surface area contributed by atoms with Crippen molar-refractivity contribution in [2.24, 2.45) is 0 Å². The Bertz CT molecular complexity index is 389. The van der Waals surface area contributed by atoms with E-state index >= 15 is 0 Å². The van der Waals surface area contributed by atoms with Gasteiger partial charge in [0, 0.05) is 10.6 Å². The second-order valence-electron chi connectivity index (χ2n) is 3.08. The molecule has 15 heavy (non-hydrogen) atoms. The van der Waals surface area contributed by atoms with Crippen LogP contribution in [-0.4, -0.2) is 21.4 Å². The number of aromatic hydroxyl groups is 1. The average Bonchev–Trinajstić information content (AvgIpc) is 2.21. The Hall–Kier alpha value is -1.28. The molecule has 80 valence electrons. The van der Waals surface area contributed by atoms with Crippen molar-refractivity contribution >= 4 is 11.6 Å². The third-order valence-corrected chi connectivity index (χ3v) is 2.31. The van der Waals surface area contributed by atoms with E-state index in [1.165, 1.54) is 18.2 Å². The van der Waals surface area contributed by atoms with Gasteiger partial charge in [0.05, 0.1) is 18.6 Å². The Morgan fingerprint density at radius 2 is 2.07 bits per heavy atom. The minimum absolute atomic E-state index is 0.0578. The topological polar surface area (TPSA) is 84.5 Å². The Balaban J connectivity index is 2.95. The van der Waals surface area contributed by atoms with Crippen molar-refractivity contribution in [2.45, 2.75) is 18.6 Å². The predicted molar refractivity (Wildman–Crippen MR) is 54.3 cm³/mol. The predicted octanol–water partition coefficient (Wildman–Crippen LogP) is 1.35. The van der Waals surface area contributed by atoms with Gasteiger partial charge in [-0.25, -0.2) is 0 Å². The van der Waals surface area contributed by atoms with Gasteiger partial charge >= 0.3 is 0 Å². The highest BCUT2D eigenvalue weighted by Gasteiger charge is 2.20. The summed E-state index contributed by atoms with van der Waals surface area (Å²) in [6.45, 7) is 0. The summed E-state index contributed by atoms with van der Waals surface area (Å²) in [6, 6.07) is 5.78. The highest BCUT2D eigenvalue weighted by molar-refractivity contribution is 6.31. The molecule has 0 aliphatic heterocycles. The van der Waals surface area contributed by atoms with Gasteiger partial charge in [-0.1, -0.05) is 11.6 Å². The van der Waals surface area contributed by atoms with Crippen LogP contribution in [0.2, 0.25) is 5.02 Å². The van der Waals surface area contributed by atoms with Crippen LogP contribution in [0.5, 0.6) is 5.75 Å². The molecule has 0 heterocycles. The van der Waals surface area contributed by atoms with Gasteiger partial charge in [0.2, 0.25) is 0 Å². The number of aliphatic hydroxyl groups is 2. The molecular formula is C10H10ClNO3. The number of hydrogen-bond acceptors (Lipinski definition) is 4. The zero-order chi connectivity index (χ0) is 11.4. The number of nitrogens with zero attached hydrogens (tertiary/aromatic N) is 1. The molecule has 0 spiro atoms. The largest absolute Gasteiger partial charge is 0.508 e. The van der Waals surface area contributed by atoms with Crippen molar-refractivity contribution < 1.29 is 15.3 Å². The molecule has 3 N–H and O–H groups in total. The van der Waals surface area contributed by atoms with Crippen LogP contribution in [0.25, 0.3) is 0 Å². The van der Waals surface area contributed by atoms with Gasteiger partial charge in [-0.2, -0.15) is 5.26 Å². The second kappa shape index (κ2) is 4.99. The zero-order valence-electron chi connectivity index (χ0n) is 7.76. The summed E-state index contributed by atoms with van der Waals surface area (Å²) in [5.74, 6) is -0.0578. The summed E-state index contributed by atoms with van der Waals surface area (Å²) in [5, 5.41) is 36.8. The maximum atomic E-state index is 9.63. The van der Waals surface area contributed by atoms with Crippen molar-refractivity contribution in [3.8, 4) is 11.8 Å². The van der Waals surface area contributed by atoms with Gasteiger partial charge in [-0.05, 0) is 18.2 Å². The molecule has 0 aliphatic carbocycles. The van der Waals surface area contributed by atoms with E-state index in [0.717, 1.165) is 0 Å². The van der Waals surface area contributed by atoms with E-state index in [2.05, 4.69) is 0 Å². The first kappa shape index (κ1) is 11.8. The minimum Gasteiger partial charge on any atom is -0.508 e. The molecule has 0 radical (unpaired) electrons. The number of hydrogen-bond donors (Lipinski definition) is 3. The first-order chi connectivity index (χ1) is 7.06. The van der Waals surface area contributed by atoms with Gasteiger partial charge in [0.15, 0.2) is 0 Å². The maximum absolute atomic E-state index is 9.63. The first-order valence-electron chi connectivity index (χ1n) is 4.27. The summed E-state index contributed by atoms with van der Waals surface area (Å²) in [5.41, 5.74) is 0.208. The molecule has 0 fully saturated rings. The van der Waals surface area contributed by atoms with Gasteiger partial charge in [0.1, 0.15) is 11.9 Å². The van der Waals surface area contributed by atoms with Crippen LogP contribution in [0.3, 0.4) is 0 Å². The van der Waals surface area contributed by atoms with E-state index < -0.39 is 12.2 Å². The molecule has 1 rings (SSSR count). The molecule has 0 aliphatic rings. The maximum Gasteiger partial charge on any atom is 0.116 e. The van der Waals surface area contributed by atoms with Crippen molar-refractivity contribution in [2.75, 3.05) is 0 Å². The van der Waals surface area contributed by atoms with Crippen LogP contribution in [0.1, 0.15) is 18.1 Å². The Kier molecular flexibility index (Phi) is 3.92. The van der Waals surface area contributed by atoms with Crippen LogP contribution in [0.4, 0.5) is 0 Å². The van der Waals surface area contributed by atoms with Crippen molar-refractivity contribution in [3.63, 3.8) is 0 Å². The fourth-order valence-corrected chi connectivity index (χ4v) is 1.40. The third kappa shape index (κ3) is 2.83. The Morgan fingerprint density at radius 1 is 1.40 bits per heavy atom. The van der Waals surface area contributed by atoms with Gasteiger partial charge < -0.3 is 15.3 Å². The van der Waals surface area contributed by atoms with E-state index in [0.29, 0.717) is 0 Å². The van der Waals surface area contributed by atoms with E-state index in [-0.39, 0.29) is 22.8 Å². The monoisotopic (exact) mass is 227 g/mol. The molecule has 0 aromatic heterocycles. The van der Waals surface area contributed by atoms with Gasteiger partial charge in [-0.15, -0.1) is 0 Å². The molecule has 2 unspecified atom stereocenters. The average molecular weight is 228 g/mol. The molecule has 2 atom stereocenters. The number of phenols is 1. The zero-order valence-corrected chi connectivity index (χ0v) is 8.52. The van der Waals surface area contributed by atoms with E-state index in [9.17, 15) is 15.3 Å². The summed E-state index contributed by atoms with van der Waals surface area (Å²) in [7, 11) is 0. The van der Waals surface area contributed by atoms with E-state index in [1.54, 1.807) is 6.07 Å². The number of nitriles is 1. The van der Waals surface area contributed by atoms with Crippen LogP contribution in [0, 0.1) is 11.3 Å². The smallest absolute Gasteiger partial charge is 0.116 e. The SMILES string of the molecule is N#CCC(O)C(O)c1cc(O)ccc1Cl. The molecule has 0 amide bonds. The van der Waals surface area contributed by atoms with Crippen molar-refractivity contribution in [1.82, 2.24) is 0 Å². The van der Waals surface area contributed by atoms with Gasteiger partial charge in [0.25, 0.3) is 0 Å². The fraction of sp³-hybridized carbons (Fsp3) is 0.300. The number of benzene rings is 1. The van der Waals surface area contributed by atoms with Crippen LogP contribution in [0.15, 0.2) is 18.2 Å². The van der Waals surface area contributed by atoms with Crippen LogP contribution >= 0.6 is 11.6 Å². The lowest BCUT2D eigenvalue weighted by atomic mass is 10.0. The number of halogens is 1.